The third kappa shape index (κ3) is 5.25. The van der Waals surface area contributed by atoms with Gasteiger partial charge in [-0.25, -0.2) is 0 Å². The van der Waals surface area contributed by atoms with Gasteiger partial charge >= 0.3 is 0 Å². The topological polar surface area (TPSA) is 55.4 Å². The van der Waals surface area contributed by atoms with Crippen molar-refractivity contribution in [3.8, 4) is 0 Å². The van der Waals surface area contributed by atoms with Crippen LogP contribution in [0.3, 0.4) is 0 Å². The molecular weight excluding hydrogens is 226 g/mol. The Morgan fingerprint density at radius 1 is 1.25 bits per heavy atom. The van der Waals surface area contributed by atoms with Crippen molar-refractivity contribution in [1.29, 1.82) is 0 Å². The summed E-state index contributed by atoms with van der Waals surface area (Å²) >= 11 is 0. The van der Waals surface area contributed by atoms with Gasteiger partial charge < -0.3 is 0 Å². The highest BCUT2D eigenvalue weighted by molar-refractivity contribution is 7.86. The minimum Gasteiger partial charge on any atom is -0.198 e. The number of hydrogen-bond donors (Lipinski definition) is 1. The third-order valence-corrected chi connectivity index (χ3v) is 3.10. The minimum absolute atomic E-state index is 0.00622. The molecule has 0 aromatic heterocycles. The van der Waals surface area contributed by atoms with E-state index in [2.05, 4.69) is 9.76 Å². The van der Waals surface area contributed by atoms with Gasteiger partial charge in [-0.05, 0) is 18.4 Å². The standard InChI is InChI=1S/C11H17NO3S/c1-2-9-12-15-16(13,14)10-8-11-6-4-3-5-7-11/h3-7,12H,2,8-10H2,1H3. The molecule has 1 N–H and O–H groups in total. The van der Waals surface area contributed by atoms with Gasteiger partial charge in [0.1, 0.15) is 0 Å². The van der Waals surface area contributed by atoms with Crippen LogP contribution in [0.4, 0.5) is 0 Å². The lowest BCUT2D eigenvalue weighted by Gasteiger charge is -2.05. The second-order valence-corrected chi connectivity index (χ2v) is 5.17. The van der Waals surface area contributed by atoms with Gasteiger partial charge in [-0.1, -0.05) is 37.3 Å². The minimum atomic E-state index is -3.46. The van der Waals surface area contributed by atoms with Crippen molar-refractivity contribution in [3.05, 3.63) is 35.9 Å². The second kappa shape index (κ2) is 6.62. The van der Waals surface area contributed by atoms with E-state index in [0.717, 1.165) is 12.0 Å². The highest BCUT2D eigenvalue weighted by Crippen LogP contribution is 2.02. The van der Waals surface area contributed by atoms with E-state index in [1.165, 1.54) is 0 Å². The van der Waals surface area contributed by atoms with E-state index >= 15 is 0 Å². The fraction of sp³-hybridized carbons (Fsp3) is 0.455. The number of hydroxylamine groups is 1. The molecule has 1 rings (SSSR count). The number of hydrogen-bond acceptors (Lipinski definition) is 4. The van der Waals surface area contributed by atoms with Crippen LogP contribution in [0, 0.1) is 0 Å². The molecule has 0 fully saturated rings. The van der Waals surface area contributed by atoms with E-state index in [1.54, 1.807) is 0 Å². The Kier molecular flexibility index (Phi) is 5.45. The van der Waals surface area contributed by atoms with E-state index in [0.29, 0.717) is 13.0 Å². The molecule has 0 aliphatic rings. The Morgan fingerprint density at radius 3 is 2.56 bits per heavy atom. The van der Waals surface area contributed by atoms with Crippen LogP contribution in [-0.4, -0.2) is 20.7 Å². The summed E-state index contributed by atoms with van der Waals surface area (Å²) in [6, 6.07) is 9.47. The molecule has 4 nitrogen and oxygen atoms in total. The lowest BCUT2D eigenvalue weighted by molar-refractivity contribution is 0.204. The first-order valence-corrected chi connectivity index (χ1v) is 6.90. The Morgan fingerprint density at radius 2 is 1.94 bits per heavy atom. The monoisotopic (exact) mass is 243 g/mol. The normalized spacial score (nSPS) is 11.6. The molecule has 0 saturated heterocycles. The smallest absolute Gasteiger partial charge is 0.198 e. The molecular formula is C11H17NO3S. The van der Waals surface area contributed by atoms with Crippen molar-refractivity contribution in [2.24, 2.45) is 0 Å². The Bertz CT molecular complexity index is 389. The van der Waals surface area contributed by atoms with Crippen LogP contribution in [0.2, 0.25) is 0 Å². The van der Waals surface area contributed by atoms with Crippen LogP contribution < -0.4 is 5.48 Å². The average Bonchev–Trinajstić information content (AvgIpc) is 2.28. The third-order valence-electron chi connectivity index (χ3n) is 2.02. The molecule has 5 heteroatoms. The molecule has 0 bridgehead atoms. The fourth-order valence-corrected chi connectivity index (χ4v) is 1.99. The molecule has 1 aromatic rings. The first-order valence-electron chi connectivity index (χ1n) is 5.32. The van der Waals surface area contributed by atoms with Gasteiger partial charge in [0.15, 0.2) is 0 Å². The van der Waals surface area contributed by atoms with Gasteiger partial charge in [-0.15, -0.1) is 0 Å². The maximum Gasteiger partial charge on any atom is 0.283 e. The second-order valence-electron chi connectivity index (χ2n) is 3.48. The van der Waals surface area contributed by atoms with Gasteiger partial charge in [0, 0.05) is 6.54 Å². The molecule has 0 aliphatic carbocycles. The van der Waals surface area contributed by atoms with Gasteiger partial charge in [0.05, 0.1) is 5.75 Å². The molecule has 0 radical (unpaired) electrons. The first kappa shape index (κ1) is 13.2. The summed E-state index contributed by atoms with van der Waals surface area (Å²) in [5, 5.41) is 0. The van der Waals surface area contributed by atoms with Crippen molar-refractivity contribution in [2.75, 3.05) is 12.3 Å². The first-order chi connectivity index (χ1) is 7.64. The number of nitrogens with one attached hydrogen (secondary N) is 1. The van der Waals surface area contributed by atoms with E-state index in [-0.39, 0.29) is 5.75 Å². The summed E-state index contributed by atoms with van der Waals surface area (Å²) in [7, 11) is -3.46. The van der Waals surface area contributed by atoms with Gasteiger partial charge in [0.25, 0.3) is 10.1 Å². The SMILES string of the molecule is CCCNOS(=O)(=O)CCc1ccccc1. The molecule has 0 heterocycles. The van der Waals surface area contributed by atoms with Crippen LogP contribution in [0.15, 0.2) is 30.3 Å². The highest BCUT2D eigenvalue weighted by Gasteiger charge is 2.10. The van der Waals surface area contributed by atoms with Gasteiger partial charge in [0.2, 0.25) is 0 Å². The molecule has 1 aromatic carbocycles. The number of benzene rings is 1. The zero-order valence-electron chi connectivity index (χ0n) is 9.35. The zero-order valence-corrected chi connectivity index (χ0v) is 10.2. The lowest BCUT2D eigenvalue weighted by atomic mass is 10.2. The molecule has 0 atom stereocenters. The van der Waals surface area contributed by atoms with Crippen molar-refractivity contribution >= 4 is 10.1 Å². The quantitative estimate of drug-likeness (QED) is 0.582. The molecule has 16 heavy (non-hydrogen) atoms. The maximum atomic E-state index is 11.4. The summed E-state index contributed by atoms with van der Waals surface area (Å²) in [6.45, 7) is 2.47. The van der Waals surface area contributed by atoms with Crippen LogP contribution >= 0.6 is 0 Å². The summed E-state index contributed by atoms with van der Waals surface area (Å²) in [4.78, 5) is 0. The Balaban J connectivity index is 2.36. The molecule has 90 valence electrons. The lowest BCUT2D eigenvalue weighted by Crippen LogP contribution is -2.23. The molecule has 0 spiro atoms. The van der Waals surface area contributed by atoms with Crippen LogP contribution in [0.5, 0.6) is 0 Å². The zero-order chi connectivity index (χ0) is 11.9. The Hall–Kier alpha value is -0.910. The van der Waals surface area contributed by atoms with Crippen LogP contribution in [-0.2, 0) is 20.8 Å². The highest BCUT2D eigenvalue weighted by atomic mass is 32.2. The predicted octanol–water partition coefficient (Wildman–Crippen LogP) is 1.49. The largest absolute Gasteiger partial charge is 0.283 e. The van der Waals surface area contributed by atoms with Crippen LogP contribution in [0.25, 0.3) is 0 Å². The van der Waals surface area contributed by atoms with E-state index in [1.807, 2.05) is 37.3 Å². The van der Waals surface area contributed by atoms with Gasteiger partial charge in [-0.3, -0.25) is 0 Å². The van der Waals surface area contributed by atoms with Crippen LogP contribution in [0.1, 0.15) is 18.9 Å². The predicted molar refractivity (Wildman–Crippen MR) is 63.3 cm³/mol. The van der Waals surface area contributed by atoms with E-state index in [4.69, 9.17) is 0 Å². The summed E-state index contributed by atoms with van der Waals surface area (Å²) < 4.78 is 27.4. The molecule has 0 aliphatic heterocycles. The fourth-order valence-electron chi connectivity index (χ4n) is 1.16. The molecule has 0 amide bonds. The van der Waals surface area contributed by atoms with Crippen molar-refractivity contribution in [2.45, 2.75) is 19.8 Å². The summed E-state index contributed by atoms with van der Waals surface area (Å²) in [5.74, 6) is -0.00622. The Labute approximate surface area is 96.7 Å². The average molecular weight is 243 g/mol. The van der Waals surface area contributed by atoms with Crippen molar-refractivity contribution in [1.82, 2.24) is 5.48 Å². The summed E-state index contributed by atoms with van der Waals surface area (Å²) in [6.07, 6.45) is 1.30. The van der Waals surface area contributed by atoms with Crippen molar-refractivity contribution in [3.63, 3.8) is 0 Å². The van der Waals surface area contributed by atoms with E-state index < -0.39 is 10.1 Å². The van der Waals surface area contributed by atoms with Crippen molar-refractivity contribution < 1.29 is 12.7 Å². The number of aryl methyl sites for hydroxylation is 1. The maximum absolute atomic E-state index is 11.4. The van der Waals surface area contributed by atoms with E-state index in [9.17, 15) is 8.42 Å². The summed E-state index contributed by atoms with van der Waals surface area (Å²) in [5.41, 5.74) is 3.41. The molecule has 0 saturated carbocycles. The van der Waals surface area contributed by atoms with Gasteiger partial charge in [-0.2, -0.15) is 18.2 Å². The number of rotatable bonds is 7. The molecule has 0 unspecified atom stereocenters.